The van der Waals surface area contributed by atoms with E-state index in [1.807, 2.05) is 0 Å². The van der Waals surface area contributed by atoms with Crippen LogP contribution in [0.25, 0.3) is 0 Å². The first-order valence-electron chi connectivity index (χ1n) is 6.71. The minimum Gasteiger partial charge on any atom is -0.264 e. The molecule has 0 radical (unpaired) electrons. The first kappa shape index (κ1) is 34.6. The molecule has 176 valence electrons. The molecule has 0 aromatic heterocycles. The van der Waals surface area contributed by atoms with Crippen LogP contribution in [0.5, 0.6) is 0 Å². The summed E-state index contributed by atoms with van der Waals surface area (Å²) in [6, 6.07) is 0. The van der Waals surface area contributed by atoms with Crippen molar-refractivity contribution in [1.82, 2.24) is 19.6 Å². The molecule has 30 heavy (non-hydrogen) atoms. The monoisotopic (exact) mass is 545 g/mol. The van der Waals surface area contributed by atoms with Crippen LogP contribution in [0.1, 0.15) is 0 Å². The Hall–Kier alpha value is -0.0600. The van der Waals surface area contributed by atoms with E-state index < -0.39 is 41.3 Å². The highest BCUT2D eigenvalue weighted by Crippen LogP contribution is 2.20. The molecule has 19 nitrogen and oxygen atoms in total. The lowest BCUT2D eigenvalue weighted by Gasteiger charge is -2.56. The Morgan fingerprint density at radius 3 is 0.467 bits per heavy atom. The molecule has 24 heteroatoms. The van der Waals surface area contributed by atoms with Crippen molar-refractivity contribution in [2.75, 3.05) is 40.0 Å². The van der Waals surface area contributed by atoms with Crippen LogP contribution in [-0.2, 0) is 22.8 Å². The van der Waals surface area contributed by atoms with Crippen LogP contribution in [0, 0.1) is 0 Å². The predicted molar refractivity (Wildman–Crippen MR) is 96.8 cm³/mol. The van der Waals surface area contributed by atoms with Crippen LogP contribution >= 0.6 is 41.3 Å². The van der Waals surface area contributed by atoms with E-state index in [9.17, 15) is 0 Å². The molecule has 4 aliphatic heterocycles. The zero-order chi connectivity index (χ0) is 24.4. The van der Waals surface area contributed by atoms with Gasteiger partial charge in [0.05, 0.1) is 40.0 Å². The lowest BCUT2D eigenvalue weighted by atomic mass is 10.4. The second kappa shape index (κ2) is 20.8. The maximum atomic E-state index is 8.70. The van der Waals surface area contributed by atoms with Crippen LogP contribution in [0.2, 0.25) is 0 Å². The maximum Gasteiger partial charge on any atom is 0.692 e. The highest BCUT2D eigenvalue weighted by Gasteiger charge is 2.36. The Morgan fingerprint density at radius 2 is 0.400 bits per heavy atom. The molecule has 4 saturated heterocycles. The average Bonchev–Trinajstić information content (AvgIpc) is 2.42. The van der Waals surface area contributed by atoms with Crippen LogP contribution in [0.4, 0.5) is 0 Å². The molecule has 0 aromatic carbocycles. The van der Waals surface area contributed by atoms with Gasteiger partial charge in [0, 0.05) is 22.8 Å². The molecule has 0 atom stereocenters. The minimum absolute atomic E-state index is 1.19. The largest absolute Gasteiger partial charge is 0.692 e. The predicted octanol–water partition coefficient (Wildman–Crippen LogP) is -2.88. The molecule has 0 amide bonds. The second-order valence-corrected chi connectivity index (χ2v) is 7.32. The summed E-state index contributed by atoms with van der Waals surface area (Å²) in [6.45, 7) is 7.12. The number of nitrogens with zero attached hydrogens (tertiary/aromatic N) is 4. The van der Waals surface area contributed by atoms with Crippen molar-refractivity contribution < 1.29 is 71.8 Å². The fraction of sp³-hybridized carbons (Fsp3) is 1.00. The van der Waals surface area contributed by atoms with Gasteiger partial charge in [-0.3, -0.25) is 19.6 Å². The molecule has 4 bridgehead atoms. The van der Waals surface area contributed by atoms with Crippen LogP contribution in [0.15, 0.2) is 0 Å². The van der Waals surface area contributed by atoms with Gasteiger partial charge in [-0.05, 0) is 0 Å². The highest BCUT2D eigenvalue weighted by atomic mass is 31.1. The van der Waals surface area contributed by atoms with Crippen molar-refractivity contribution in [1.29, 1.82) is 0 Å². The normalized spacial score (nSPS) is 23.5. The third-order valence-corrected chi connectivity index (χ3v) is 2.40. The van der Waals surface area contributed by atoms with E-state index in [0.717, 1.165) is 0 Å². The zero-order valence-electron chi connectivity index (χ0n) is 14.8. The van der Waals surface area contributed by atoms with E-state index in [0.29, 0.717) is 0 Å². The third-order valence-electron chi connectivity index (χ3n) is 2.40. The number of hydrogen-bond donors (Lipinski definition) is 10. The fourth-order valence-electron chi connectivity index (χ4n) is 2.23. The van der Waals surface area contributed by atoms with E-state index in [4.69, 9.17) is 71.8 Å². The first-order valence-corrected chi connectivity index (χ1v) is 12.5. The summed E-state index contributed by atoms with van der Waals surface area (Å²) in [5, 5.41) is 0. The molecule has 0 aromatic rings. The fourth-order valence-corrected chi connectivity index (χ4v) is 2.23. The van der Waals surface area contributed by atoms with Gasteiger partial charge in [-0.1, -0.05) is 0 Å². The average molecular weight is 545 g/mol. The molecule has 4 heterocycles. The van der Waals surface area contributed by atoms with Gasteiger partial charge >= 0.3 is 41.3 Å². The number of hydrogen-bond acceptors (Lipinski definition) is 9. The molecular weight excluding hydrogens is 523 g/mol. The van der Waals surface area contributed by atoms with Gasteiger partial charge in [0.2, 0.25) is 0 Å². The SMILES string of the molecule is C1N2CN3CN1CN(C2)C3.O=[P+](O)O.O=[P+](O)O.O=[P+](O)O.O=[P+](O)O.O=[P+](O)O. The lowest BCUT2D eigenvalue weighted by molar-refractivity contribution is -0.194. The molecule has 4 rings (SSSR count). The summed E-state index contributed by atoms with van der Waals surface area (Å²) < 4.78 is 43.5. The molecule has 0 spiro atoms. The van der Waals surface area contributed by atoms with Crippen molar-refractivity contribution in [2.24, 2.45) is 0 Å². The van der Waals surface area contributed by atoms with Crippen LogP contribution in [0.3, 0.4) is 0 Å². The van der Waals surface area contributed by atoms with Crippen molar-refractivity contribution in [3.8, 4) is 0 Å². The minimum atomic E-state index is -2.87. The Kier molecular flexibility index (Phi) is 24.0. The molecule has 4 fully saturated rings. The van der Waals surface area contributed by atoms with Gasteiger partial charge in [0.1, 0.15) is 0 Å². The van der Waals surface area contributed by atoms with Crippen molar-refractivity contribution in [2.45, 2.75) is 0 Å². The van der Waals surface area contributed by atoms with E-state index in [1.54, 1.807) is 0 Å². The molecule has 0 aliphatic carbocycles. The molecule has 10 N–H and O–H groups in total. The topological polar surface area (TPSA) is 301 Å². The third kappa shape index (κ3) is 35.4. The van der Waals surface area contributed by atoms with Gasteiger partial charge in [-0.15, -0.1) is 48.9 Å². The van der Waals surface area contributed by atoms with Gasteiger partial charge in [-0.25, -0.2) is 0 Å². The lowest BCUT2D eigenvalue weighted by Crippen LogP contribution is -2.71. The van der Waals surface area contributed by atoms with Crippen molar-refractivity contribution in [3.05, 3.63) is 0 Å². The molecule has 4 aliphatic rings. The standard InChI is InChI=1S/C6H12N4.5HO3P/c1-7-2-9-4-8(1)5-10(3-7)6-9;5*1-4(2)3/h1-6H2;5*(H-,1,2,3)/p+5. The van der Waals surface area contributed by atoms with Crippen LogP contribution < -0.4 is 0 Å². The second-order valence-electron chi connectivity index (χ2n) is 4.80. The van der Waals surface area contributed by atoms with E-state index >= 15 is 0 Å². The summed E-state index contributed by atoms with van der Waals surface area (Å²) in [6.07, 6.45) is 0. The molecular formula is C6H22N4O15P5+5. The quantitative estimate of drug-likeness (QED) is 0.137. The summed E-state index contributed by atoms with van der Waals surface area (Å²) >= 11 is 0. The zero-order valence-corrected chi connectivity index (χ0v) is 19.3. The first-order chi connectivity index (χ1) is 13.6. The Morgan fingerprint density at radius 1 is 0.333 bits per heavy atom. The smallest absolute Gasteiger partial charge is 0.264 e. The number of rotatable bonds is 0. The van der Waals surface area contributed by atoms with Gasteiger partial charge in [0.15, 0.2) is 0 Å². The van der Waals surface area contributed by atoms with Crippen LogP contribution in [-0.4, -0.2) is 109 Å². The van der Waals surface area contributed by atoms with Crippen molar-refractivity contribution >= 4 is 41.3 Å². The summed E-state index contributed by atoms with van der Waals surface area (Å²) in [5.41, 5.74) is 0. The molecule has 0 unspecified atom stereocenters. The van der Waals surface area contributed by atoms with E-state index in [2.05, 4.69) is 19.6 Å². The van der Waals surface area contributed by atoms with E-state index in [-0.39, 0.29) is 0 Å². The van der Waals surface area contributed by atoms with E-state index in [1.165, 1.54) is 40.0 Å². The Balaban J connectivity index is -0.000000318. The van der Waals surface area contributed by atoms with Gasteiger partial charge in [-0.2, -0.15) is 0 Å². The Labute approximate surface area is 173 Å². The summed E-state index contributed by atoms with van der Waals surface area (Å²) in [4.78, 5) is 81.1. The van der Waals surface area contributed by atoms with Gasteiger partial charge < -0.3 is 0 Å². The Bertz CT molecular complexity index is 421. The molecule has 0 saturated carbocycles. The summed E-state index contributed by atoms with van der Waals surface area (Å²) in [7, 11) is -14.4. The van der Waals surface area contributed by atoms with Gasteiger partial charge in [0.25, 0.3) is 0 Å². The van der Waals surface area contributed by atoms with Crippen molar-refractivity contribution in [3.63, 3.8) is 0 Å². The summed E-state index contributed by atoms with van der Waals surface area (Å²) in [5.74, 6) is 0. The maximum absolute atomic E-state index is 8.70. The highest BCUT2D eigenvalue weighted by molar-refractivity contribution is 7.31.